The van der Waals surface area contributed by atoms with Gasteiger partial charge in [0.25, 0.3) is 10.2 Å². The molecule has 0 N–H and O–H groups in total. The standard InChI is InChI=1S/C18H23N3O2S/c1-15-6-8-16(9-7-15)18-17-5-4-10-19(17)13-14-21(18)24(22,23)20-11-2-3-12-20/h4-10,18H,2-3,11-14H2,1H3. The van der Waals surface area contributed by atoms with Crippen LogP contribution in [0.15, 0.2) is 42.6 Å². The lowest BCUT2D eigenvalue weighted by Crippen LogP contribution is -2.48. The average molecular weight is 345 g/mol. The van der Waals surface area contributed by atoms with Gasteiger partial charge in [-0.1, -0.05) is 29.8 Å². The van der Waals surface area contributed by atoms with Gasteiger partial charge in [-0.15, -0.1) is 0 Å². The molecule has 1 saturated heterocycles. The first kappa shape index (κ1) is 15.9. The van der Waals surface area contributed by atoms with E-state index in [0.29, 0.717) is 26.2 Å². The molecule has 1 unspecified atom stereocenters. The van der Waals surface area contributed by atoms with Crippen molar-refractivity contribution in [3.05, 3.63) is 59.4 Å². The van der Waals surface area contributed by atoms with Crippen molar-refractivity contribution < 1.29 is 8.42 Å². The summed E-state index contributed by atoms with van der Waals surface area (Å²) in [6.07, 6.45) is 3.95. The molecule has 0 aliphatic carbocycles. The number of aryl methyl sites for hydroxylation is 1. The molecule has 2 aliphatic heterocycles. The van der Waals surface area contributed by atoms with Gasteiger partial charge in [0.2, 0.25) is 0 Å². The Morgan fingerprint density at radius 2 is 1.67 bits per heavy atom. The summed E-state index contributed by atoms with van der Waals surface area (Å²) in [5.74, 6) is 0. The molecular formula is C18H23N3O2S. The zero-order valence-corrected chi connectivity index (χ0v) is 14.7. The predicted octanol–water partition coefficient (Wildman–Crippen LogP) is 2.54. The second-order valence-corrected chi connectivity index (χ2v) is 8.55. The predicted molar refractivity (Wildman–Crippen MR) is 93.9 cm³/mol. The van der Waals surface area contributed by atoms with Crippen LogP contribution < -0.4 is 0 Å². The summed E-state index contributed by atoms with van der Waals surface area (Å²) in [7, 11) is -3.44. The molecule has 2 aromatic rings. The minimum Gasteiger partial charge on any atom is -0.348 e. The first-order chi connectivity index (χ1) is 11.6. The van der Waals surface area contributed by atoms with Crippen LogP contribution in [0.2, 0.25) is 0 Å². The molecule has 0 radical (unpaired) electrons. The third kappa shape index (κ3) is 2.59. The SMILES string of the molecule is Cc1ccc(C2c3cccn3CCN2S(=O)(=O)N2CCCC2)cc1. The van der Waals surface area contributed by atoms with E-state index in [1.807, 2.05) is 25.3 Å². The number of hydrogen-bond acceptors (Lipinski definition) is 2. The van der Waals surface area contributed by atoms with Crippen molar-refractivity contribution in [3.8, 4) is 0 Å². The third-order valence-corrected chi connectivity index (χ3v) is 7.08. The molecule has 1 aromatic carbocycles. The summed E-state index contributed by atoms with van der Waals surface area (Å²) in [4.78, 5) is 0. The molecule has 0 bridgehead atoms. The highest BCUT2D eigenvalue weighted by atomic mass is 32.2. The zero-order chi connectivity index (χ0) is 16.7. The van der Waals surface area contributed by atoms with E-state index in [9.17, 15) is 8.42 Å². The quantitative estimate of drug-likeness (QED) is 0.858. The van der Waals surface area contributed by atoms with Crippen LogP contribution in [0, 0.1) is 6.92 Å². The topological polar surface area (TPSA) is 45.6 Å². The Bertz CT molecular complexity index is 820. The van der Waals surface area contributed by atoms with E-state index < -0.39 is 10.2 Å². The highest BCUT2D eigenvalue weighted by Crippen LogP contribution is 2.36. The Balaban J connectivity index is 1.79. The van der Waals surface area contributed by atoms with E-state index in [4.69, 9.17) is 0 Å². The highest BCUT2D eigenvalue weighted by Gasteiger charge is 2.40. The minimum absolute atomic E-state index is 0.250. The molecule has 1 atom stereocenters. The van der Waals surface area contributed by atoms with Crippen LogP contribution in [0.4, 0.5) is 0 Å². The second-order valence-electron chi connectivity index (χ2n) is 6.66. The third-order valence-electron chi connectivity index (χ3n) is 5.07. The van der Waals surface area contributed by atoms with Crippen LogP contribution in [-0.2, 0) is 16.8 Å². The van der Waals surface area contributed by atoms with Gasteiger partial charge in [0.05, 0.1) is 6.04 Å². The Morgan fingerprint density at radius 3 is 2.38 bits per heavy atom. The van der Waals surface area contributed by atoms with Crippen molar-refractivity contribution in [2.24, 2.45) is 0 Å². The lowest BCUT2D eigenvalue weighted by atomic mass is 10.0. The Kier molecular flexibility index (Phi) is 3.98. The van der Waals surface area contributed by atoms with Gasteiger partial charge in [-0.05, 0) is 37.5 Å². The second kappa shape index (κ2) is 6.02. The van der Waals surface area contributed by atoms with Crippen LogP contribution in [0.25, 0.3) is 0 Å². The summed E-state index contributed by atoms with van der Waals surface area (Å²) in [6, 6.07) is 12.0. The fraction of sp³-hybridized carbons (Fsp3) is 0.444. The lowest BCUT2D eigenvalue weighted by Gasteiger charge is -2.38. The van der Waals surface area contributed by atoms with Crippen LogP contribution in [-0.4, -0.2) is 41.2 Å². The van der Waals surface area contributed by atoms with Gasteiger partial charge < -0.3 is 4.57 Å². The fourth-order valence-corrected chi connectivity index (χ4v) is 5.59. The minimum atomic E-state index is -3.44. The van der Waals surface area contributed by atoms with Gasteiger partial charge in [-0.25, -0.2) is 0 Å². The molecule has 3 heterocycles. The zero-order valence-electron chi connectivity index (χ0n) is 13.9. The molecule has 2 aliphatic rings. The number of nitrogens with zero attached hydrogens (tertiary/aromatic N) is 3. The summed E-state index contributed by atoms with van der Waals surface area (Å²) < 4.78 is 31.9. The van der Waals surface area contributed by atoms with Gasteiger partial charge in [0.1, 0.15) is 0 Å². The number of rotatable bonds is 3. The molecule has 6 heteroatoms. The van der Waals surface area contributed by atoms with Gasteiger partial charge in [-0.3, -0.25) is 0 Å². The lowest BCUT2D eigenvalue weighted by molar-refractivity contribution is 0.275. The first-order valence-corrected chi connectivity index (χ1v) is 9.95. The van der Waals surface area contributed by atoms with Gasteiger partial charge in [0.15, 0.2) is 0 Å². The molecule has 0 amide bonds. The maximum Gasteiger partial charge on any atom is 0.282 e. The molecule has 0 saturated carbocycles. The molecule has 0 spiro atoms. The number of aromatic nitrogens is 1. The van der Waals surface area contributed by atoms with E-state index in [1.165, 1.54) is 5.56 Å². The Morgan fingerprint density at radius 1 is 0.958 bits per heavy atom. The van der Waals surface area contributed by atoms with Crippen molar-refractivity contribution >= 4 is 10.2 Å². The van der Waals surface area contributed by atoms with Crippen molar-refractivity contribution in [1.82, 2.24) is 13.2 Å². The van der Waals surface area contributed by atoms with Crippen molar-refractivity contribution in [1.29, 1.82) is 0 Å². The first-order valence-electron chi connectivity index (χ1n) is 8.56. The van der Waals surface area contributed by atoms with E-state index in [-0.39, 0.29) is 6.04 Å². The summed E-state index contributed by atoms with van der Waals surface area (Å²) in [6.45, 7) is 4.55. The number of fused-ring (bicyclic) bond motifs is 1. The van der Waals surface area contributed by atoms with Crippen molar-refractivity contribution in [2.75, 3.05) is 19.6 Å². The monoisotopic (exact) mass is 345 g/mol. The van der Waals surface area contributed by atoms with Crippen LogP contribution in [0.1, 0.15) is 35.7 Å². The van der Waals surface area contributed by atoms with Crippen molar-refractivity contribution in [3.63, 3.8) is 0 Å². The Labute approximate surface area is 143 Å². The van der Waals surface area contributed by atoms with Crippen LogP contribution >= 0.6 is 0 Å². The maximum atomic E-state index is 13.2. The van der Waals surface area contributed by atoms with E-state index >= 15 is 0 Å². The molecule has 1 aromatic heterocycles. The fourth-order valence-electron chi connectivity index (χ4n) is 3.76. The largest absolute Gasteiger partial charge is 0.348 e. The normalized spacial score (nSPS) is 22.6. The molecule has 128 valence electrons. The van der Waals surface area contributed by atoms with Crippen LogP contribution in [0.5, 0.6) is 0 Å². The highest BCUT2D eigenvalue weighted by molar-refractivity contribution is 7.86. The van der Waals surface area contributed by atoms with Crippen molar-refractivity contribution in [2.45, 2.75) is 32.4 Å². The average Bonchev–Trinajstić information content (AvgIpc) is 3.26. The van der Waals surface area contributed by atoms with Gasteiger partial charge >= 0.3 is 0 Å². The number of hydrogen-bond donors (Lipinski definition) is 0. The van der Waals surface area contributed by atoms with E-state index in [2.05, 4.69) is 28.8 Å². The Hall–Kier alpha value is -1.63. The summed E-state index contributed by atoms with van der Waals surface area (Å²) in [5, 5.41) is 0. The number of benzene rings is 1. The molecule has 5 nitrogen and oxygen atoms in total. The molecule has 1 fully saturated rings. The summed E-state index contributed by atoms with van der Waals surface area (Å²) >= 11 is 0. The smallest absolute Gasteiger partial charge is 0.282 e. The van der Waals surface area contributed by atoms with E-state index in [1.54, 1.807) is 8.61 Å². The van der Waals surface area contributed by atoms with E-state index in [0.717, 1.165) is 24.1 Å². The molecular weight excluding hydrogens is 322 g/mol. The summed E-state index contributed by atoms with van der Waals surface area (Å²) in [5.41, 5.74) is 3.26. The molecule has 4 rings (SSSR count). The van der Waals surface area contributed by atoms with Gasteiger partial charge in [0, 0.05) is 38.1 Å². The molecule has 24 heavy (non-hydrogen) atoms. The van der Waals surface area contributed by atoms with Gasteiger partial charge in [-0.2, -0.15) is 17.0 Å². The maximum absolute atomic E-state index is 13.2. The van der Waals surface area contributed by atoms with Crippen LogP contribution in [0.3, 0.4) is 0 Å².